The van der Waals surface area contributed by atoms with Crippen LogP contribution in [0.25, 0.3) is 66.4 Å². The first-order valence-corrected chi connectivity index (χ1v) is 19.2. The molecule has 1 fully saturated rings. The Balaban J connectivity index is 0.000000162. The summed E-state index contributed by atoms with van der Waals surface area (Å²) in [6.07, 6.45) is 6.49. The van der Waals surface area contributed by atoms with Crippen LogP contribution < -0.4 is 16.9 Å². The Morgan fingerprint density at radius 1 is 0.609 bits per heavy atom. The van der Waals surface area contributed by atoms with Crippen LogP contribution in [0.1, 0.15) is 34.6 Å². The molecule has 0 bridgehead atoms. The lowest BCUT2D eigenvalue weighted by Gasteiger charge is -2.33. The molecule has 0 radical (unpaired) electrons. The lowest BCUT2D eigenvalue weighted by Crippen LogP contribution is -2.47. The summed E-state index contributed by atoms with van der Waals surface area (Å²) in [5.41, 5.74) is 13.0. The molecule has 0 saturated carbocycles. The van der Waals surface area contributed by atoms with Gasteiger partial charge in [-0.1, -0.05) is 13.8 Å². The van der Waals surface area contributed by atoms with Crippen LogP contribution in [0, 0.1) is 40.4 Å². The number of carbonyl (C=O) groups excluding carboxylic acids is 2. The van der Waals surface area contributed by atoms with E-state index in [-0.39, 0.29) is 66.2 Å². The molecule has 4 N–H and O–H groups in total. The summed E-state index contributed by atoms with van der Waals surface area (Å²) < 4.78 is 101. The van der Waals surface area contributed by atoms with E-state index in [1.165, 1.54) is 53.9 Å². The average molecular weight is 874 g/mol. The molecule has 0 aliphatic carbocycles. The van der Waals surface area contributed by atoms with Gasteiger partial charge in [0.2, 0.25) is 5.95 Å². The number of aromatic nitrogens is 7. The van der Waals surface area contributed by atoms with E-state index in [1.54, 1.807) is 22.8 Å². The first-order chi connectivity index (χ1) is 30.6. The maximum Gasteiger partial charge on any atom is 0.494 e. The first-order valence-electron chi connectivity index (χ1n) is 19.2. The van der Waals surface area contributed by atoms with Crippen molar-refractivity contribution in [2.45, 2.75) is 13.8 Å². The largest absolute Gasteiger partial charge is 0.494 e. The summed E-state index contributed by atoms with van der Waals surface area (Å²) >= 11 is 0. The standard InChI is InChI=1S/C22H19BF2N4O3.C22H11F4N5O/c1-22(2)9-31-23(32-10-22)12-7-13(21(26)30)19-17(8-12)29(11-28-19)16-5-6-27-20-15(25)4-3-14(24)18(16)20;23-13-1-2-14(24)20-17(13)15(4-6-28-20)31-9-30-19-12(22(27)32)7-10(8-16(19)31)11-3-5-29-21(26)18(11)25/h3-8,11H,9-10H2,1-2H3,(H2,26,30);1-9H,(H2,27,32). The Labute approximate surface area is 357 Å². The van der Waals surface area contributed by atoms with Crippen molar-refractivity contribution in [3.05, 3.63) is 144 Å². The van der Waals surface area contributed by atoms with Gasteiger partial charge in [-0.15, -0.1) is 0 Å². The van der Waals surface area contributed by atoms with Gasteiger partial charge in [-0.25, -0.2) is 36.9 Å². The number of imidazole rings is 2. The number of rotatable bonds is 6. The van der Waals surface area contributed by atoms with Gasteiger partial charge in [0.15, 0.2) is 5.82 Å². The third-order valence-electron chi connectivity index (χ3n) is 10.6. The SMILES string of the molecule is CC1(C)COB(c2cc(C(N)=O)c3ncn(-c4ccnc5c(F)ccc(F)c45)c3c2)OC1.NC(=O)c1cc(-c2ccnc(F)c2F)cc2c1ncn2-c1ccnc2c(F)ccc(F)c12. The van der Waals surface area contributed by atoms with E-state index in [9.17, 15) is 35.9 Å². The van der Waals surface area contributed by atoms with E-state index in [1.807, 2.05) is 13.8 Å². The van der Waals surface area contributed by atoms with Crippen molar-refractivity contribution in [3.63, 3.8) is 0 Å². The number of nitrogens with zero attached hydrogens (tertiary/aromatic N) is 7. The van der Waals surface area contributed by atoms with Crippen molar-refractivity contribution >= 4 is 68.3 Å². The van der Waals surface area contributed by atoms with Gasteiger partial charge in [0.1, 0.15) is 58.0 Å². The predicted octanol–water partition coefficient (Wildman–Crippen LogP) is 7.01. The molecule has 0 unspecified atom stereocenters. The fourth-order valence-corrected chi connectivity index (χ4v) is 7.59. The summed E-state index contributed by atoms with van der Waals surface area (Å²) in [6, 6.07) is 14.3. The van der Waals surface area contributed by atoms with Crippen molar-refractivity contribution in [1.82, 2.24) is 34.1 Å². The van der Waals surface area contributed by atoms with Crippen LogP contribution in [0.15, 0.2) is 98.0 Å². The molecule has 13 nitrogen and oxygen atoms in total. The number of nitrogens with two attached hydrogens (primary N) is 2. The molecule has 20 heteroatoms. The second-order valence-corrected chi connectivity index (χ2v) is 15.5. The molecule has 0 atom stereocenters. The first kappa shape index (κ1) is 41.6. The van der Waals surface area contributed by atoms with Gasteiger partial charge >= 0.3 is 7.12 Å². The van der Waals surface area contributed by atoms with Crippen molar-refractivity contribution in [2.75, 3.05) is 13.2 Å². The zero-order chi connectivity index (χ0) is 45.2. The molecular formula is C44H30BF6N9O4. The van der Waals surface area contributed by atoms with Gasteiger partial charge in [-0.3, -0.25) is 28.7 Å². The Morgan fingerprint density at radius 3 is 1.62 bits per heavy atom. The maximum atomic E-state index is 14.7. The van der Waals surface area contributed by atoms with E-state index in [4.69, 9.17) is 20.8 Å². The fraction of sp³-hybridized carbons (Fsp3) is 0.114. The van der Waals surface area contributed by atoms with Crippen LogP contribution in [0.2, 0.25) is 0 Å². The summed E-state index contributed by atoms with van der Waals surface area (Å²) in [6.45, 7) is 5.00. The number of benzene rings is 4. The number of halogens is 6. The second kappa shape index (κ2) is 15.9. The molecule has 64 heavy (non-hydrogen) atoms. The van der Waals surface area contributed by atoms with Crippen LogP contribution in [-0.4, -0.2) is 66.2 Å². The van der Waals surface area contributed by atoms with Gasteiger partial charge < -0.3 is 20.8 Å². The second-order valence-electron chi connectivity index (χ2n) is 15.5. The zero-order valence-corrected chi connectivity index (χ0v) is 33.4. The van der Waals surface area contributed by atoms with Crippen molar-refractivity contribution in [1.29, 1.82) is 0 Å². The maximum absolute atomic E-state index is 14.7. The molecule has 1 aliphatic heterocycles. The highest BCUT2D eigenvalue weighted by Gasteiger charge is 2.35. The molecule has 4 aromatic carbocycles. The Morgan fingerprint density at radius 2 is 1.09 bits per heavy atom. The molecule has 1 saturated heterocycles. The van der Waals surface area contributed by atoms with E-state index in [0.717, 1.165) is 30.5 Å². The Bertz CT molecular complexity index is 3390. The highest BCUT2D eigenvalue weighted by Crippen LogP contribution is 2.34. The number of pyridine rings is 3. The molecule has 5 aromatic heterocycles. The lowest BCUT2D eigenvalue weighted by molar-refractivity contribution is 0.0343. The van der Waals surface area contributed by atoms with Gasteiger partial charge in [0, 0.05) is 42.8 Å². The molecule has 6 heterocycles. The van der Waals surface area contributed by atoms with Crippen LogP contribution in [0.4, 0.5) is 26.3 Å². The highest BCUT2D eigenvalue weighted by molar-refractivity contribution is 6.62. The van der Waals surface area contributed by atoms with E-state index < -0.39 is 54.0 Å². The molecule has 9 aromatic rings. The minimum atomic E-state index is -1.31. The van der Waals surface area contributed by atoms with Crippen molar-refractivity contribution in [2.24, 2.45) is 16.9 Å². The number of fused-ring (bicyclic) bond motifs is 4. The molecule has 2 amide bonds. The lowest BCUT2D eigenvalue weighted by atomic mass is 9.75. The van der Waals surface area contributed by atoms with Gasteiger partial charge in [-0.05, 0) is 77.8 Å². The average Bonchev–Trinajstić information content (AvgIpc) is 3.91. The normalized spacial score (nSPS) is 13.7. The van der Waals surface area contributed by atoms with Crippen LogP contribution in [0.5, 0.6) is 0 Å². The topological polar surface area (TPSA) is 179 Å². The number of carbonyl (C=O) groups is 2. The highest BCUT2D eigenvalue weighted by atomic mass is 19.2. The molecular weight excluding hydrogens is 843 g/mol. The zero-order valence-electron chi connectivity index (χ0n) is 33.4. The van der Waals surface area contributed by atoms with E-state index in [2.05, 4.69) is 24.9 Å². The number of amides is 2. The molecule has 1 aliphatic rings. The minimum absolute atomic E-state index is 0.00439. The van der Waals surface area contributed by atoms with Gasteiger partial charge in [0.25, 0.3) is 11.8 Å². The predicted molar refractivity (Wildman–Crippen MR) is 224 cm³/mol. The van der Waals surface area contributed by atoms with E-state index >= 15 is 0 Å². The number of hydrogen-bond donors (Lipinski definition) is 2. The summed E-state index contributed by atoms with van der Waals surface area (Å²) in [5, 5.41) is -0.108. The monoisotopic (exact) mass is 873 g/mol. The Kier molecular flexibility index (Phi) is 10.3. The van der Waals surface area contributed by atoms with Crippen molar-refractivity contribution < 1.29 is 45.2 Å². The summed E-state index contributed by atoms with van der Waals surface area (Å²) in [7, 11) is -0.697. The molecule has 10 rings (SSSR count). The van der Waals surface area contributed by atoms with Gasteiger partial charge in [0.05, 0.1) is 44.3 Å². The minimum Gasteiger partial charge on any atom is -0.407 e. The van der Waals surface area contributed by atoms with E-state index in [0.29, 0.717) is 35.4 Å². The van der Waals surface area contributed by atoms with Crippen LogP contribution in [0.3, 0.4) is 0 Å². The summed E-state index contributed by atoms with van der Waals surface area (Å²) in [4.78, 5) is 43.9. The smallest absolute Gasteiger partial charge is 0.407 e. The number of hydrogen-bond acceptors (Lipinski definition) is 9. The molecule has 320 valence electrons. The third kappa shape index (κ3) is 7.21. The van der Waals surface area contributed by atoms with Crippen LogP contribution in [-0.2, 0) is 9.31 Å². The fourth-order valence-electron chi connectivity index (χ4n) is 7.59. The summed E-state index contributed by atoms with van der Waals surface area (Å²) in [5.74, 6) is -6.76. The van der Waals surface area contributed by atoms with Gasteiger partial charge in [-0.2, -0.15) is 4.39 Å². The van der Waals surface area contributed by atoms with Crippen molar-refractivity contribution in [3.8, 4) is 22.5 Å². The molecule has 0 spiro atoms. The number of primary amides is 2. The third-order valence-corrected chi connectivity index (χ3v) is 10.6. The quantitative estimate of drug-likeness (QED) is 0.101. The van der Waals surface area contributed by atoms with Crippen LogP contribution >= 0.6 is 0 Å². The Hall–Kier alpha value is -7.71.